The van der Waals surface area contributed by atoms with Gasteiger partial charge in [0.15, 0.2) is 0 Å². The first-order valence-electron chi connectivity index (χ1n) is 5.80. The lowest BCUT2D eigenvalue weighted by Gasteiger charge is -2.02. The molecule has 1 aromatic carbocycles. The van der Waals surface area contributed by atoms with Crippen LogP contribution in [-0.2, 0) is 24.7 Å². The van der Waals surface area contributed by atoms with Crippen molar-refractivity contribution >= 4 is 21.7 Å². The van der Waals surface area contributed by atoms with Gasteiger partial charge in [0.05, 0.1) is 5.69 Å². The van der Waals surface area contributed by atoms with Crippen molar-refractivity contribution in [2.24, 2.45) is 7.05 Å². The number of carbonyl (C=O) groups is 1. The lowest BCUT2D eigenvalue weighted by atomic mass is 10.1. The minimum Gasteiger partial charge on any atom is -0.299 e. The Kier molecular flexibility index (Phi) is 3.97. The Morgan fingerprint density at radius 1 is 1.28 bits per heavy atom. The Hall–Kier alpha value is -1.42. The van der Waals surface area contributed by atoms with Crippen molar-refractivity contribution in [1.82, 2.24) is 9.78 Å². The second-order valence-electron chi connectivity index (χ2n) is 4.42. The molecule has 0 aliphatic rings. The minimum absolute atomic E-state index is 0.209. The molecule has 0 saturated carbocycles. The number of rotatable bonds is 4. The quantitative estimate of drug-likeness (QED) is 0.870. The zero-order chi connectivity index (χ0) is 13.1. The lowest BCUT2D eigenvalue weighted by Crippen LogP contribution is -2.10. The predicted octanol–water partition coefficient (Wildman–Crippen LogP) is 2.85. The number of aryl methyl sites for hydroxylation is 2. The maximum absolute atomic E-state index is 12.0. The summed E-state index contributed by atoms with van der Waals surface area (Å²) in [5.74, 6) is 0.209. The molecule has 94 valence electrons. The van der Waals surface area contributed by atoms with Crippen LogP contribution in [0.15, 0.2) is 34.8 Å². The summed E-state index contributed by atoms with van der Waals surface area (Å²) in [4.78, 5) is 12.0. The topological polar surface area (TPSA) is 34.9 Å². The molecular formula is C14H15BrN2O. The van der Waals surface area contributed by atoms with Crippen LogP contribution in [0.3, 0.4) is 0 Å². The van der Waals surface area contributed by atoms with E-state index in [0.29, 0.717) is 12.8 Å². The number of nitrogens with zero attached hydrogens (tertiary/aromatic N) is 2. The predicted molar refractivity (Wildman–Crippen MR) is 74.5 cm³/mol. The van der Waals surface area contributed by atoms with Crippen LogP contribution in [0.1, 0.15) is 17.0 Å². The van der Waals surface area contributed by atoms with Crippen LogP contribution in [0.4, 0.5) is 0 Å². The molecule has 0 saturated heterocycles. The van der Waals surface area contributed by atoms with Crippen LogP contribution < -0.4 is 0 Å². The molecule has 4 heteroatoms. The fraction of sp³-hybridized carbons (Fsp3) is 0.286. The van der Waals surface area contributed by atoms with Gasteiger partial charge >= 0.3 is 0 Å². The van der Waals surface area contributed by atoms with E-state index in [0.717, 1.165) is 21.4 Å². The van der Waals surface area contributed by atoms with Gasteiger partial charge in [-0.1, -0.05) is 28.1 Å². The van der Waals surface area contributed by atoms with E-state index in [2.05, 4.69) is 21.0 Å². The van der Waals surface area contributed by atoms with Crippen molar-refractivity contribution in [1.29, 1.82) is 0 Å². The Balaban J connectivity index is 2.01. The fourth-order valence-corrected chi connectivity index (χ4v) is 2.19. The summed E-state index contributed by atoms with van der Waals surface area (Å²) in [5.41, 5.74) is 2.96. The number of Topliss-reactive ketones (excluding diaryl/α,β-unsaturated/α-hetero) is 1. The van der Waals surface area contributed by atoms with E-state index in [-0.39, 0.29) is 5.78 Å². The molecular weight excluding hydrogens is 292 g/mol. The molecule has 0 atom stereocenters. The van der Waals surface area contributed by atoms with E-state index in [9.17, 15) is 4.79 Å². The zero-order valence-corrected chi connectivity index (χ0v) is 12.1. The largest absolute Gasteiger partial charge is 0.299 e. The highest BCUT2D eigenvalue weighted by Crippen LogP contribution is 2.12. The smallest absolute Gasteiger partial charge is 0.143 e. The van der Waals surface area contributed by atoms with Crippen molar-refractivity contribution in [3.63, 3.8) is 0 Å². The summed E-state index contributed by atoms with van der Waals surface area (Å²) in [6.45, 7) is 1.93. The molecule has 0 aliphatic heterocycles. The third-order valence-electron chi connectivity index (χ3n) is 2.79. The molecule has 0 fully saturated rings. The number of carbonyl (C=O) groups excluding carboxylic acids is 1. The van der Waals surface area contributed by atoms with Crippen molar-refractivity contribution in [2.45, 2.75) is 19.8 Å². The zero-order valence-electron chi connectivity index (χ0n) is 10.5. The molecule has 18 heavy (non-hydrogen) atoms. The molecule has 3 nitrogen and oxygen atoms in total. The number of ketones is 1. The second-order valence-corrected chi connectivity index (χ2v) is 5.34. The molecule has 0 aliphatic carbocycles. The molecule has 0 N–H and O–H groups in total. The monoisotopic (exact) mass is 306 g/mol. The third-order valence-corrected chi connectivity index (χ3v) is 3.32. The highest BCUT2D eigenvalue weighted by molar-refractivity contribution is 9.10. The van der Waals surface area contributed by atoms with Gasteiger partial charge in [-0.15, -0.1) is 0 Å². The maximum atomic E-state index is 12.0. The van der Waals surface area contributed by atoms with Crippen LogP contribution in [0, 0.1) is 6.92 Å². The minimum atomic E-state index is 0.209. The number of halogens is 1. The summed E-state index contributed by atoms with van der Waals surface area (Å²) < 4.78 is 2.80. The summed E-state index contributed by atoms with van der Waals surface area (Å²) >= 11 is 3.38. The van der Waals surface area contributed by atoms with E-state index in [1.165, 1.54) is 0 Å². The van der Waals surface area contributed by atoms with Gasteiger partial charge in [0.2, 0.25) is 0 Å². The van der Waals surface area contributed by atoms with Crippen molar-refractivity contribution < 1.29 is 4.79 Å². The molecule has 0 spiro atoms. The SMILES string of the molecule is Cc1cc(CC(=O)Cc2ccc(Br)cc2)n(C)n1. The number of hydrogen-bond donors (Lipinski definition) is 0. The van der Waals surface area contributed by atoms with Crippen LogP contribution in [0.25, 0.3) is 0 Å². The summed E-state index contributed by atoms with van der Waals surface area (Å²) in [5, 5.41) is 4.24. The molecule has 2 rings (SSSR count). The van der Waals surface area contributed by atoms with Crippen LogP contribution in [0.5, 0.6) is 0 Å². The standard InChI is InChI=1S/C14H15BrN2O/c1-10-7-13(17(2)16-10)9-14(18)8-11-3-5-12(15)6-4-11/h3-7H,8-9H2,1-2H3. The molecule has 0 radical (unpaired) electrons. The van der Waals surface area contributed by atoms with Gasteiger partial charge in [-0.3, -0.25) is 9.48 Å². The first kappa shape index (κ1) is 13.0. The van der Waals surface area contributed by atoms with Crippen LogP contribution in [-0.4, -0.2) is 15.6 Å². The van der Waals surface area contributed by atoms with Gasteiger partial charge in [-0.05, 0) is 30.7 Å². The Morgan fingerprint density at radius 3 is 2.50 bits per heavy atom. The Bertz CT molecular complexity index is 558. The van der Waals surface area contributed by atoms with E-state index in [1.807, 2.05) is 44.3 Å². The molecule has 1 heterocycles. The summed E-state index contributed by atoms with van der Waals surface area (Å²) in [6.07, 6.45) is 0.908. The number of aromatic nitrogens is 2. The van der Waals surface area contributed by atoms with Crippen molar-refractivity contribution in [2.75, 3.05) is 0 Å². The van der Waals surface area contributed by atoms with Crippen molar-refractivity contribution in [3.8, 4) is 0 Å². The maximum Gasteiger partial charge on any atom is 0.143 e. The number of benzene rings is 1. The van der Waals surface area contributed by atoms with Crippen LogP contribution >= 0.6 is 15.9 Å². The van der Waals surface area contributed by atoms with Gasteiger partial charge in [0.1, 0.15) is 5.78 Å². The van der Waals surface area contributed by atoms with Crippen molar-refractivity contribution in [3.05, 3.63) is 51.8 Å². The first-order chi connectivity index (χ1) is 8.54. The summed E-state index contributed by atoms with van der Waals surface area (Å²) in [7, 11) is 1.87. The van der Waals surface area contributed by atoms with E-state index < -0.39 is 0 Å². The average Bonchev–Trinajstić information content (AvgIpc) is 2.61. The molecule has 2 aromatic rings. The first-order valence-corrected chi connectivity index (χ1v) is 6.59. The molecule has 0 unspecified atom stereocenters. The van der Waals surface area contributed by atoms with Gasteiger partial charge in [-0.2, -0.15) is 5.10 Å². The lowest BCUT2D eigenvalue weighted by molar-refractivity contribution is -0.117. The second kappa shape index (κ2) is 5.48. The summed E-state index contributed by atoms with van der Waals surface area (Å²) in [6, 6.07) is 9.81. The third kappa shape index (κ3) is 3.29. The molecule has 1 aromatic heterocycles. The van der Waals surface area contributed by atoms with E-state index in [1.54, 1.807) is 4.68 Å². The van der Waals surface area contributed by atoms with Gasteiger partial charge in [0, 0.05) is 30.1 Å². The normalized spacial score (nSPS) is 10.6. The van der Waals surface area contributed by atoms with Gasteiger partial charge in [0.25, 0.3) is 0 Å². The fourth-order valence-electron chi connectivity index (χ4n) is 1.92. The Labute approximate surface area is 115 Å². The highest BCUT2D eigenvalue weighted by atomic mass is 79.9. The van der Waals surface area contributed by atoms with E-state index >= 15 is 0 Å². The Morgan fingerprint density at radius 2 is 1.94 bits per heavy atom. The highest BCUT2D eigenvalue weighted by Gasteiger charge is 2.09. The molecule has 0 amide bonds. The average molecular weight is 307 g/mol. The molecule has 0 bridgehead atoms. The number of hydrogen-bond acceptors (Lipinski definition) is 2. The van der Waals surface area contributed by atoms with E-state index in [4.69, 9.17) is 0 Å². The van der Waals surface area contributed by atoms with Crippen LogP contribution in [0.2, 0.25) is 0 Å². The van der Waals surface area contributed by atoms with Gasteiger partial charge < -0.3 is 0 Å². The van der Waals surface area contributed by atoms with Gasteiger partial charge in [-0.25, -0.2) is 0 Å².